The monoisotopic (exact) mass is 262 g/mol. The van der Waals surface area contributed by atoms with Crippen molar-refractivity contribution in [3.05, 3.63) is 22.4 Å². The Labute approximate surface area is 102 Å². The number of esters is 1. The highest BCUT2D eigenvalue weighted by molar-refractivity contribution is 6.41. The molecule has 0 N–H and O–H groups in total. The average molecular weight is 263 g/mol. The van der Waals surface area contributed by atoms with Crippen LogP contribution in [0.2, 0.25) is 10.2 Å². The van der Waals surface area contributed by atoms with Crippen LogP contribution in [0.3, 0.4) is 0 Å². The third-order valence-corrected chi connectivity index (χ3v) is 2.45. The summed E-state index contributed by atoms with van der Waals surface area (Å²) in [7, 11) is 1.23. The predicted molar refractivity (Wildman–Crippen MR) is 59.7 cm³/mol. The number of ether oxygens (including phenoxy) is 1. The number of halogens is 2. The number of aromatic nitrogens is 1. The average Bonchev–Trinajstić information content (AvgIpc) is 2.29. The second-order valence-corrected chi connectivity index (χ2v) is 3.54. The Morgan fingerprint density at radius 3 is 2.81 bits per heavy atom. The Balaban J connectivity index is 2.91. The lowest BCUT2D eigenvalue weighted by molar-refractivity contribution is -0.139. The second kappa shape index (κ2) is 5.67. The van der Waals surface area contributed by atoms with E-state index in [4.69, 9.17) is 23.2 Å². The molecule has 0 bridgehead atoms. The molecule has 0 aliphatic heterocycles. The molecule has 1 aromatic rings. The number of pyridine rings is 1. The quantitative estimate of drug-likeness (QED) is 0.469. The minimum absolute atomic E-state index is 0.134. The number of carbonyl (C=O) groups excluding carboxylic acids is 2. The lowest BCUT2D eigenvalue weighted by Crippen LogP contribution is -2.29. The summed E-state index contributed by atoms with van der Waals surface area (Å²) >= 11 is 11.4. The molecular weight excluding hydrogens is 255 g/mol. The highest BCUT2D eigenvalue weighted by atomic mass is 35.5. The molecule has 1 heterocycles. The fraction of sp³-hybridized carbons (Fsp3) is 0.222. The molecule has 5 nitrogen and oxygen atoms in total. The smallest absolute Gasteiger partial charge is 0.325 e. The Morgan fingerprint density at radius 2 is 2.31 bits per heavy atom. The zero-order valence-corrected chi connectivity index (χ0v) is 9.83. The maximum Gasteiger partial charge on any atom is 0.325 e. The van der Waals surface area contributed by atoms with Crippen molar-refractivity contribution in [1.82, 2.24) is 4.98 Å². The van der Waals surface area contributed by atoms with Crippen LogP contribution in [0, 0.1) is 0 Å². The maximum atomic E-state index is 11.0. The van der Waals surface area contributed by atoms with E-state index >= 15 is 0 Å². The molecule has 1 rings (SSSR count). The van der Waals surface area contributed by atoms with Crippen LogP contribution in [0.5, 0.6) is 0 Å². The van der Waals surface area contributed by atoms with Gasteiger partial charge in [0, 0.05) is 0 Å². The lowest BCUT2D eigenvalue weighted by atomic mass is 10.4. The van der Waals surface area contributed by atoms with Crippen LogP contribution >= 0.6 is 23.2 Å². The van der Waals surface area contributed by atoms with Crippen LogP contribution in [0.25, 0.3) is 0 Å². The largest absolute Gasteiger partial charge is 0.468 e. The van der Waals surface area contributed by atoms with E-state index in [9.17, 15) is 9.59 Å². The number of anilines is 1. The van der Waals surface area contributed by atoms with Gasteiger partial charge in [-0.3, -0.25) is 9.59 Å². The highest BCUT2D eigenvalue weighted by Gasteiger charge is 2.12. The van der Waals surface area contributed by atoms with Crippen molar-refractivity contribution in [2.45, 2.75) is 0 Å². The molecule has 0 spiro atoms. The van der Waals surface area contributed by atoms with Gasteiger partial charge in [-0.1, -0.05) is 23.2 Å². The zero-order valence-electron chi connectivity index (χ0n) is 8.31. The number of carbonyl (C=O) groups is 2. The van der Waals surface area contributed by atoms with E-state index in [1.807, 2.05) is 0 Å². The van der Waals surface area contributed by atoms with E-state index in [0.29, 0.717) is 12.1 Å². The normalized spacial score (nSPS) is 9.69. The van der Waals surface area contributed by atoms with E-state index in [1.54, 1.807) is 0 Å². The van der Waals surface area contributed by atoms with Crippen molar-refractivity contribution in [2.24, 2.45) is 0 Å². The Hall–Kier alpha value is -1.33. The third kappa shape index (κ3) is 3.08. The molecule has 0 aliphatic carbocycles. The van der Waals surface area contributed by atoms with Gasteiger partial charge in [0.2, 0.25) is 6.41 Å². The van der Waals surface area contributed by atoms with Crippen molar-refractivity contribution >= 4 is 41.3 Å². The van der Waals surface area contributed by atoms with Crippen LogP contribution in [0.15, 0.2) is 12.3 Å². The molecule has 0 fully saturated rings. The van der Waals surface area contributed by atoms with Crippen molar-refractivity contribution in [1.29, 1.82) is 0 Å². The van der Waals surface area contributed by atoms with Crippen LogP contribution < -0.4 is 4.90 Å². The van der Waals surface area contributed by atoms with Gasteiger partial charge in [-0.25, -0.2) is 4.98 Å². The molecule has 0 atom stereocenters. The first-order valence-corrected chi connectivity index (χ1v) is 4.94. The maximum absolute atomic E-state index is 11.0. The number of amides is 1. The topological polar surface area (TPSA) is 59.5 Å². The van der Waals surface area contributed by atoms with Crippen molar-refractivity contribution < 1.29 is 14.3 Å². The van der Waals surface area contributed by atoms with Gasteiger partial charge in [-0.2, -0.15) is 0 Å². The number of hydrogen-bond acceptors (Lipinski definition) is 4. The van der Waals surface area contributed by atoms with E-state index in [1.165, 1.54) is 19.4 Å². The first kappa shape index (κ1) is 12.7. The number of hydrogen-bond donors (Lipinski definition) is 0. The third-order valence-electron chi connectivity index (χ3n) is 1.77. The predicted octanol–water partition coefficient (Wildman–Crippen LogP) is 1.52. The first-order valence-electron chi connectivity index (χ1n) is 4.18. The number of methoxy groups -OCH3 is 1. The van der Waals surface area contributed by atoms with Crippen LogP contribution in [0.4, 0.5) is 5.69 Å². The summed E-state index contributed by atoms with van der Waals surface area (Å²) in [4.78, 5) is 26.6. The van der Waals surface area contributed by atoms with E-state index < -0.39 is 5.97 Å². The summed E-state index contributed by atoms with van der Waals surface area (Å²) < 4.78 is 4.44. The van der Waals surface area contributed by atoms with E-state index in [0.717, 1.165) is 4.90 Å². The fourth-order valence-electron chi connectivity index (χ4n) is 0.961. The Kier molecular flexibility index (Phi) is 4.52. The number of rotatable bonds is 4. The molecule has 86 valence electrons. The summed E-state index contributed by atoms with van der Waals surface area (Å²) in [6.07, 6.45) is 1.82. The van der Waals surface area contributed by atoms with Crippen molar-refractivity contribution in [3.8, 4) is 0 Å². The molecule has 1 aromatic heterocycles. The Morgan fingerprint density at radius 1 is 1.62 bits per heavy atom. The molecule has 1 amide bonds. The molecule has 0 saturated carbocycles. The lowest BCUT2D eigenvalue weighted by Gasteiger charge is -2.15. The molecule has 0 radical (unpaired) electrons. The molecule has 0 saturated heterocycles. The first-order chi connectivity index (χ1) is 7.58. The second-order valence-electron chi connectivity index (χ2n) is 2.78. The van der Waals surface area contributed by atoms with Gasteiger partial charge in [0.1, 0.15) is 11.7 Å². The molecule has 0 aromatic carbocycles. The molecule has 0 aliphatic rings. The summed E-state index contributed by atoms with van der Waals surface area (Å²) in [5.74, 6) is -0.543. The van der Waals surface area contributed by atoms with Crippen LogP contribution in [-0.4, -0.2) is 31.0 Å². The summed E-state index contributed by atoms with van der Waals surface area (Å²) in [5.41, 5.74) is 0.370. The summed E-state index contributed by atoms with van der Waals surface area (Å²) in [6.45, 7) is -0.209. The van der Waals surface area contributed by atoms with Gasteiger partial charge in [-0.15, -0.1) is 0 Å². The van der Waals surface area contributed by atoms with Gasteiger partial charge in [0.25, 0.3) is 0 Å². The van der Waals surface area contributed by atoms with Gasteiger partial charge in [0.15, 0.2) is 0 Å². The van der Waals surface area contributed by atoms with Gasteiger partial charge >= 0.3 is 5.97 Å². The molecule has 16 heavy (non-hydrogen) atoms. The zero-order chi connectivity index (χ0) is 12.1. The summed E-state index contributed by atoms with van der Waals surface area (Å²) in [5, 5.41) is 0.338. The van der Waals surface area contributed by atoms with Gasteiger partial charge < -0.3 is 9.64 Å². The molecular formula is C9H8Cl2N2O3. The van der Waals surface area contributed by atoms with E-state index in [-0.39, 0.29) is 16.7 Å². The molecule has 0 unspecified atom stereocenters. The fourth-order valence-corrected chi connectivity index (χ4v) is 1.23. The van der Waals surface area contributed by atoms with Crippen molar-refractivity contribution in [3.63, 3.8) is 0 Å². The minimum Gasteiger partial charge on any atom is -0.468 e. The van der Waals surface area contributed by atoms with Crippen molar-refractivity contribution in [2.75, 3.05) is 18.6 Å². The van der Waals surface area contributed by atoms with E-state index in [2.05, 4.69) is 9.72 Å². The standard InChI is InChI=1S/C9H8Cl2N2O3/c1-16-8(15)4-13(5-14)6-2-7(10)9(11)12-3-6/h2-3,5H,4H2,1H3. The van der Waals surface area contributed by atoms with Gasteiger partial charge in [-0.05, 0) is 6.07 Å². The highest BCUT2D eigenvalue weighted by Crippen LogP contribution is 2.23. The van der Waals surface area contributed by atoms with Crippen LogP contribution in [0.1, 0.15) is 0 Å². The van der Waals surface area contributed by atoms with Crippen LogP contribution in [-0.2, 0) is 14.3 Å². The Bertz CT molecular complexity index is 412. The molecule has 7 heteroatoms. The summed E-state index contributed by atoms with van der Waals surface area (Å²) in [6, 6.07) is 1.44. The van der Waals surface area contributed by atoms with Gasteiger partial charge in [0.05, 0.1) is 24.0 Å². The minimum atomic E-state index is -0.543. The SMILES string of the molecule is COC(=O)CN(C=O)c1cnc(Cl)c(Cl)c1. The number of nitrogens with zero attached hydrogens (tertiary/aromatic N) is 2.